The maximum Gasteiger partial charge on any atom is 0.137 e. The van der Waals surface area contributed by atoms with Crippen molar-refractivity contribution < 1.29 is 4.39 Å². The van der Waals surface area contributed by atoms with Gasteiger partial charge < -0.3 is 5.32 Å². The van der Waals surface area contributed by atoms with Crippen LogP contribution >= 0.6 is 0 Å². The summed E-state index contributed by atoms with van der Waals surface area (Å²) < 4.78 is 14.8. The Hall–Kier alpha value is -0.890. The summed E-state index contributed by atoms with van der Waals surface area (Å²) in [7, 11) is 0. The van der Waals surface area contributed by atoms with Gasteiger partial charge in [-0.1, -0.05) is 18.2 Å². The van der Waals surface area contributed by atoms with E-state index in [4.69, 9.17) is 0 Å². The van der Waals surface area contributed by atoms with Crippen LogP contribution in [0.3, 0.4) is 0 Å². The van der Waals surface area contributed by atoms with Crippen LogP contribution in [0.5, 0.6) is 0 Å². The van der Waals surface area contributed by atoms with Crippen molar-refractivity contribution >= 4 is 0 Å². The molecule has 1 unspecified atom stereocenters. The van der Waals surface area contributed by atoms with Crippen LogP contribution in [0.2, 0.25) is 0 Å². The summed E-state index contributed by atoms with van der Waals surface area (Å²) in [6, 6.07) is 6.00. The number of hydrogen-bond donors (Lipinski definition) is 1. The van der Waals surface area contributed by atoms with Gasteiger partial charge in [0.15, 0.2) is 0 Å². The predicted molar refractivity (Wildman–Crippen MR) is 65.4 cm³/mol. The third-order valence-corrected chi connectivity index (χ3v) is 3.65. The van der Waals surface area contributed by atoms with Crippen LogP contribution in [-0.2, 0) is 5.67 Å². The van der Waals surface area contributed by atoms with Gasteiger partial charge in [0, 0.05) is 0 Å². The van der Waals surface area contributed by atoms with E-state index < -0.39 is 5.67 Å². The van der Waals surface area contributed by atoms with Crippen molar-refractivity contribution in [3.8, 4) is 0 Å². The van der Waals surface area contributed by atoms with E-state index in [9.17, 15) is 4.39 Å². The minimum Gasteiger partial charge on any atom is -0.317 e. The molecule has 1 aliphatic heterocycles. The normalized spacial score (nSPS) is 26.4. The van der Waals surface area contributed by atoms with E-state index in [-0.39, 0.29) is 0 Å². The highest BCUT2D eigenvalue weighted by atomic mass is 19.1. The second-order valence-electron chi connectivity index (χ2n) is 4.87. The van der Waals surface area contributed by atoms with Gasteiger partial charge in [-0.05, 0) is 62.9 Å². The Morgan fingerprint density at radius 1 is 1.12 bits per heavy atom. The highest BCUT2D eigenvalue weighted by molar-refractivity contribution is 5.33. The number of alkyl halides is 1. The molecule has 1 aromatic carbocycles. The fourth-order valence-electron chi connectivity index (χ4n) is 2.34. The first-order valence-electron chi connectivity index (χ1n) is 6.09. The maximum atomic E-state index is 14.8. The highest BCUT2D eigenvalue weighted by Crippen LogP contribution is 2.36. The third-order valence-electron chi connectivity index (χ3n) is 3.65. The standard InChI is InChI=1S/C14H20FN/c1-11-4-5-13(10-12(11)2)14(15)6-3-8-16-9-7-14/h4-5,10,16H,3,6-9H2,1-2H3. The van der Waals surface area contributed by atoms with Crippen molar-refractivity contribution in [3.63, 3.8) is 0 Å². The van der Waals surface area contributed by atoms with Gasteiger partial charge in [0.05, 0.1) is 0 Å². The van der Waals surface area contributed by atoms with Crippen LogP contribution in [0.4, 0.5) is 4.39 Å². The van der Waals surface area contributed by atoms with Crippen molar-refractivity contribution in [3.05, 3.63) is 34.9 Å². The lowest BCUT2D eigenvalue weighted by molar-refractivity contribution is 0.145. The minimum atomic E-state index is -1.12. The Bertz CT molecular complexity index is 365. The van der Waals surface area contributed by atoms with E-state index in [1.54, 1.807) is 0 Å². The molecule has 2 heteroatoms. The van der Waals surface area contributed by atoms with Gasteiger partial charge in [0.1, 0.15) is 5.67 Å². The number of aryl methyl sites for hydroxylation is 2. The topological polar surface area (TPSA) is 12.0 Å². The molecule has 1 heterocycles. The fourth-order valence-corrected chi connectivity index (χ4v) is 2.34. The van der Waals surface area contributed by atoms with Gasteiger partial charge in [-0.2, -0.15) is 0 Å². The van der Waals surface area contributed by atoms with Crippen LogP contribution in [0.1, 0.15) is 36.0 Å². The van der Waals surface area contributed by atoms with Crippen molar-refractivity contribution in [1.29, 1.82) is 0 Å². The first-order valence-corrected chi connectivity index (χ1v) is 6.09. The summed E-state index contributed by atoms with van der Waals surface area (Å²) in [5, 5.41) is 3.26. The molecule has 0 saturated carbocycles. The molecule has 1 nitrogen and oxygen atoms in total. The lowest BCUT2D eigenvalue weighted by Crippen LogP contribution is -2.22. The van der Waals surface area contributed by atoms with E-state index in [1.165, 1.54) is 11.1 Å². The number of rotatable bonds is 1. The molecule has 0 aromatic heterocycles. The predicted octanol–water partition coefficient (Wildman–Crippen LogP) is 3.24. The van der Waals surface area contributed by atoms with Crippen LogP contribution in [0, 0.1) is 13.8 Å². The molecule has 2 rings (SSSR count). The van der Waals surface area contributed by atoms with E-state index in [1.807, 2.05) is 18.2 Å². The van der Waals surface area contributed by atoms with Crippen LogP contribution in [0.15, 0.2) is 18.2 Å². The molecule has 1 aliphatic rings. The number of hydrogen-bond acceptors (Lipinski definition) is 1. The molecule has 0 radical (unpaired) electrons. The Kier molecular flexibility index (Phi) is 3.29. The summed E-state index contributed by atoms with van der Waals surface area (Å²) >= 11 is 0. The van der Waals surface area contributed by atoms with Crippen molar-refractivity contribution in [2.45, 2.75) is 38.8 Å². The Balaban J connectivity index is 2.29. The fraction of sp³-hybridized carbons (Fsp3) is 0.571. The first kappa shape index (κ1) is 11.6. The van der Waals surface area contributed by atoms with Gasteiger partial charge in [0.2, 0.25) is 0 Å². The Morgan fingerprint density at radius 3 is 2.69 bits per heavy atom. The zero-order valence-corrected chi connectivity index (χ0v) is 10.1. The molecule has 1 atom stereocenters. The monoisotopic (exact) mass is 221 g/mol. The van der Waals surface area contributed by atoms with E-state index in [0.29, 0.717) is 12.8 Å². The summed E-state index contributed by atoms with van der Waals surface area (Å²) in [5.74, 6) is 0. The van der Waals surface area contributed by atoms with Gasteiger partial charge in [-0.25, -0.2) is 4.39 Å². The number of benzene rings is 1. The molecule has 0 bridgehead atoms. The van der Waals surface area contributed by atoms with E-state index in [0.717, 1.165) is 25.1 Å². The maximum absolute atomic E-state index is 14.8. The second kappa shape index (κ2) is 4.54. The number of nitrogens with one attached hydrogen (secondary N) is 1. The number of halogens is 1. The average molecular weight is 221 g/mol. The van der Waals surface area contributed by atoms with Gasteiger partial charge in [0.25, 0.3) is 0 Å². The quantitative estimate of drug-likeness (QED) is 0.767. The molecule has 1 saturated heterocycles. The van der Waals surface area contributed by atoms with Crippen molar-refractivity contribution in [2.24, 2.45) is 0 Å². The SMILES string of the molecule is Cc1ccc(C2(F)CCCNCC2)cc1C. The zero-order chi connectivity index (χ0) is 11.6. The average Bonchev–Trinajstić information content (AvgIpc) is 2.48. The molecule has 88 valence electrons. The molecule has 0 aliphatic carbocycles. The Morgan fingerprint density at radius 2 is 1.94 bits per heavy atom. The molecular formula is C14H20FN. The van der Waals surface area contributed by atoms with Crippen LogP contribution < -0.4 is 5.32 Å². The first-order chi connectivity index (χ1) is 7.62. The van der Waals surface area contributed by atoms with E-state index >= 15 is 0 Å². The van der Waals surface area contributed by atoms with Crippen molar-refractivity contribution in [2.75, 3.05) is 13.1 Å². The van der Waals surface area contributed by atoms with Gasteiger partial charge in [-0.15, -0.1) is 0 Å². The van der Waals surface area contributed by atoms with Crippen LogP contribution in [0.25, 0.3) is 0 Å². The lowest BCUT2D eigenvalue weighted by atomic mass is 9.87. The molecule has 1 fully saturated rings. The molecule has 0 amide bonds. The largest absolute Gasteiger partial charge is 0.317 e. The third kappa shape index (κ3) is 2.27. The van der Waals surface area contributed by atoms with Gasteiger partial charge in [-0.3, -0.25) is 0 Å². The van der Waals surface area contributed by atoms with Crippen molar-refractivity contribution in [1.82, 2.24) is 5.32 Å². The zero-order valence-electron chi connectivity index (χ0n) is 10.1. The molecule has 16 heavy (non-hydrogen) atoms. The summed E-state index contributed by atoms with van der Waals surface area (Å²) in [6.45, 7) is 5.84. The second-order valence-corrected chi connectivity index (χ2v) is 4.87. The summed E-state index contributed by atoms with van der Waals surface area (Å²) in [5.41, 5.74) is 2.16. The molecular weight excluding hydrogens is 201 g/mol. The molecule has 1 N–H and O–H groups in total. The molecule has 1 aromatic rings. The summed E-state index contributed by atoms with van der Waals surface area (Å²) in [6.07, 6.45) is 2.15. The van der Waals surface area contributed by atoms with Gasteiger partial charge >= 0.3 is 0 Å². The lowest BCUT2D eigenvalue weighted by Gasteiger charge is -2.24. The highest BCUT2D eigenvalue weighted by Gasteiger charge is 2.32. The summed E-state index contributed by atoms with van der Waals surface area (Å²) in [4.78, 5) is 0. The minimum absolute atomic E-state index is 0.593. The smallest absolute Gasteiger partial charge is 0.137 e. The Labute approximate surface area is 97.1 Å². The molecule has 0 spiro atoms. The van der Waals surface area contributed by atoms with Crippen LogP contribution in [-0.4, -0.2) is 13.1 Å². The van der Waals surface area contributed by atoms with E-state index in [2.05, 4.69) is 19.2 Å².